The molecule has 1 amide bonds. The SMILES string of the molecule is CC(N)c1ccc2c(c1)N(C(C)C)C(=O)C(C)(C)O2. The standard InChI is InChI=1S/C15H22N2O2/c1-9(2)17-12-8-11(10(3)16)6-7-13(12)19-15(4,5)14(17)18/h6-10H,16H2,1-5H3. The van der Waals surface area contributed by atoms with Crippen molar-refractivity contribution >= 4 is 11.6 Å². The van der Waals surface area contributed by atoms with E-state index in [0.717, 1.165) is 17.0 Å². The predicted octanol–water partition coefficient (Wildman–Crippen LogP) is 2.62. The van der Waals surface area contributed by atoms with Crippen molar-refractivity contribution in [2.75, 3.05) is 4.90 Å². The molecular formula is C15H22N2O2. The molecule has 0 fully saturated rings. The van der Waals surface area contributed by atoms with Crippen LogP contribution >= 0.6 is 0 Å². The molecule has 0 aromatic heterocycles. The summed E-state index contributed by atoms with van der Waals surface area (Å²) >= 11 is 0. The van der Waals surface area contributed by atoms with Crippen LogP contribution in [-0.4, -0.2) is 17.6 Å². The van der Waals surface area contributed by atoms with Crippen molar-refractivity contribution in [2.45, 2.75) is 52.3 Å². The second kappa shape index (κ2) is 4.53. The fourth-order valence-corrected chi connectivity index (χ4v) is 2.32. The maximum atomic E-state index is 12.5. The van der Waals surface area contributed by atoms with Crippen LogP contribution in [0.4, 0.5) is 5.69 Å². The summed E-state index contributed by atoms with van der Waals surface area (Å²) in [5.74, 6) is 0.722. The number of amides is 1. The van der Waals surface area contributed by atoms with Gasteiger partial charge in [0.25, 0.3) is 5.91 Å². The molecule has 0 saturated carbocycles. The van der Waals surface area contributed by atoms with Gasteiger partial charge in [0.2, 0.25) is 0 Å². The number of carbonyl (C=O) groups excluding carboxylic acids is 1. The zero-order chi connectivity index (χ0) is 14.4. The van der Waals surface area contributed by atoms with Crippen LogP contribution in [0.15, 0.2) is 18.2 Å². The minimum atomic E-state index is -0.826. The van der Waals surface area contributed by atoms with E-state index < -0.39 is 5.60 Å². The fraction of sp³-hybridized carbons (Fsp3) is 0.533. The highest BCUT2D eigenvalue weighted by Crippen LogP contribution is 2.40. The molecule has 1 unspecified atom stereocenters. The minimum Gasteiger partial charge on any atom is -0.476 e. The van der Waals surface area contributed by atoms with E-state index in [9.17, 15) is 4.79 Å². The van der Waals surface area contributed by atoms with Crippen LogP contribution in [-0.2, 0) is 4.79 Å². The first kappa shape index (κ1) is 13.9. The van der Waals surface area contributed by atoms with Gasteiger partial charge in [0.1, 0.15) is 5.75 Å². The topological polar surface area (TPSA) is 55.6 Å². The maximum absolute atomic E-state index is 12.5. The van der Waals surface area contributed by atoms with E-state index in [4.69, 9.17) is 10.5 Å². The average molecular weight is 262 g/mol. The molecule has 1 aliphatic rings. The Morgan fingerprint density at radius 2 is 1.89 bits per heavy atom. The van der Waals surface area contributed by atoms with E-state index in [0.29, 0.717) is 0 Å². The molecule has 0 bridgehead atoms. The molecule has 0 radical (unpaired) electrons. The van der Waals surface area contributed by atoms with Gasteiger partial charge in [0.15, 0.2) is 5.60 Å². The van der Waals surface area contributed by atoms with Gasteiger partial charge in [-0.15, -0.1) is 0 Å². The van der Waals surface area contributed by atoms with E-state index in [1.54, 1.807) is 18.7 Å². The van der Waals surface area contributed by atoms with Crippen molar-refractivity contribution in [3.8, 4) is 5.75 Å². The van der Waals surface area contributed by atoms with Crippen molar-refractivity contribution in [2.24, 2.45) is 5.73 Å². The number of nitrogens with zero attached hydrogens (tertiary/aromatic N) is 1. The van der Waals surface area contributed by atoms with Crippen LogP contribution in [0.2, 0.25) is 0 Å². The lowest BCUT2D eigenvalue weighted by molar-refractivity contribution is -0.133. The van der Waals surface area contributed by atoms with Crippen molar-refractivity contribution in [1.82, 2.24) is 0 Å². The molecule has 1 heterocycles. The molecular weight excluding hydrogens is 240 g/mol. The molecule has 0 saturated heterocycles. The number of hydrogen-bond donors (Lipinski definition) is 1. The third kappa shape index (κ3) is 2.32. The number of fused-ring (bicyclic) bond motifs is 1. The summed E-state index contributed by atoms with van der Waals surface area (Å²) in [6.07, 6.45) is 0. The van der Waals surface area contributed by atoms with Gasteiger partial charge in [-0.05, 0) is 52.3 Å². The molecule has 4 heteroatoms. The van der Waals surface area contributed by atoms with Crippen LogP contribution in [0.3, 0.4) is 0 Å². The molecule has 104 valence electrons. The highest BCUT2D eigenvalue weighted by atomic mass is 16.5. The molecule has 1 aromatic rings. The largest absolute Gasteiger partial charge is 0.476 e. The first-order valence-corrected chi connectivity index (χ1v) is 6.66. The summed E-state index contributed by atoms with van der Waals surface area (Å²) in [4.78, 5) is 14.3. The third-order valence-electron chi connectivity index (χ3n) is 3.38. The first-order chi connectivity index (χ1) is 8.74. The van der Waals surface area contributed by atoms with Gasteiger partial charge in [-0.3, -0.25) is 4.79 Å². The summed E-state index contributed by atoms with van der Waals surface area (Å²) in [6.45, 7) is 9.53. The Balaban J connectivity index is 2.57. The molecule has 2 rings (SSSR count). The smallest absolute Gasteiger partial charge is 0.270 e. The van der Waals surface area contributed by atoms with Crippen molar-refractivity contribution in [1.29, 1.82) is 0 Å². The van der Waals surface area contributed by atoms with Gasteiger partial charge in [-0.1, -0.05) is 6.07 Å². The molecule has 2 N–H and O–H groups in total. The molecule has 19 heavy (non-hydrogen) atoms. The highest BCUT2D eigenvalue weighted by Gasteiger charge is 2.41. The third-order valence-corrected chi connectivity index (χ3v) is 3.38. The monoisotopic (exact) mass is 262 g/mol. The van der Waals surface area contributed by atoms with Crippen molar-refractivity contribution in [3.05, 3.63) is 23.8 Å². The van der Waals surface area contributed by atoms with E-state index in [-0.39, 0.29) is 18.0 Å². The lowest BCUT2D eigenvalue weighted by atomic mass is 10.00. The molecule has 1 atom stereocenters. The Kier molecular flexibility index (Phi) is 3.31. The number of ether oxygens (including phenoxy) is 1. The summed E-state index contributed by atoms with van der Waals surface area (Å²) < 4.78 is 5.81. The Morgan fingerprint density at radius 1 is 1.26 bits per heavy atom. The van der Waals surface area contributed by atoms with E-state index in [2.05, 4.69) is 0 Å². The summed E-state index contributed by atoms with van der Waals surface area (Å²) in [5.41, 5.74) is 6.90. The molecule has 4 nitrogen and oxygen atoms in total. The number of hydrogen-bond acceptors (Lipinski definition) is 3. The Hall–Kier alpha value is -1.55. The lowest BCUT2D eigenvalue weighted by Gasteiger charge is -2.41. The van der Waals surface area contributed by atoms with Gasteiger partial charge in [0.05, 0.1) is 5.69 Å². The van der Waals surface area contributed by atoms with Crippen molar-refractivity contribution in [3.63, 3.8) is 0 Å². The summed E-state index contributed by atoms with van der Waals surface area (Å²) in [7, 11) is 0. The van der Waals surface area contributed by atoms with Gasteiger partial charge in [0, 0.05) is 12.1 Å². The number of nitrogens with two attached hydrogens (primary N) is 1. The molecule has 0 spiro atoms. The number of carbonyl (C=O) groups is 1. The molecule has 1 aromatic carbocycles. The Morgan fingerprint density at radius 3 is 2.42 bits per heavy atom. The van der Waals surface area contributed by atoms with Crippen LogP contribution < -0.4 is 15.4 Å². The molecule has 0 aliphatic carbocycles. The second-order valence-electron chi connectivity index (χ2n) is 5.90. The zero-order valence-electron chi connectivity index (χ0n) is 12.2. The van der Waals surface area contributed by atoms with Crippen LogP contribution in [0.1, 0.15) is 46.2 Å². The average Bonchev–Trinajstić information content (AvgIpc) is 2.29. The van der Waals surface area contributed by atoms with E-state index in [1.165, 1.54) is 0 Å². The van der Waals surface area contributed by atoms with Crippen LogP contribution in [0.25, 0.3) is 0 Å². The van der Waals surface area contributed by atoms with Gasteiger partial charge >= 0.3 is 0 Å². The van der Waals surface area contributed by atoms with Gasteiger partial charge in [-0.25, -0.2) is 0 Å². The summed E-state index contributed by atoms with van der Waals surface area (Å²) in [6, 6.07) is 5.82. The van der Waals surface area contributed by atoms with E-state index >= 15 is 0 Å². The first-order valence-electron chi connectivity index (χ1n) is 6.66. The number of anilines is 1. The van der Waals surface area contributed by atoms with E-state index in [1.807, 2.05) is 39.0 Å². The second-order valence-corrected chi connectivity index (χ2v) is 5.90. The highest BCUT2D eigenvalue weighted by molar-refractivity contribution is 6.02. The zero-order valence-corrected chi connectivity index (χ0v) is 12.2. The number of rotatable bonds is 2. The van der Waals surface area contributed by atoms with Crippen LogP contribution in [0, 0.1) is 0 Å². The summed E-state index contributed by atoms with van der Waals surface area (Å²) in [5, 5.41) is 0. The Labute approximate surface area is 114 Å². The van der Waals surface area contributed by atoms with Crippen molar-refractivity contribution < 1.29 is 9.53 Å². The Bertz CT molecular complexity index is 507. The fourth-order valence-electron chi connectivity index (χ4n) is 2.32. The van der Waals surface area contributed by atoms with Gasteiger partial charge in [-0.2, -0.15) is 0 Å². The lowest BCUT2D eigenvalue weighted by Crippen LogP contribution is -2.54. The predicted molar refractivity (Wildman–Crippen MR) is 76.4 cm³/mol. The molecule has 1 aliphatic heterocycles. The normalized spacial score (nSPS) is 19.1. The quantitative estimate of drug-likeness (QED) is 0.891. The maximum Gasteiger partial charge on any atom is 0.270 e. The minimum absolute atomic E-state index is 0.0168. The number of benzene rings is 1. The van der Waals surface area contributed by atoms with Gasteiger partial charge < -0.3 is 15.4 Å². The van der Waals surface area contributed by atoms with Crippen LogP contribution in [0.5, 0.6) is 5.75 Å².